The van der Waals surface area contributed by atoms with Crippen LogP contribution in [0.3, 0.4) is 0 Å². The van der Waals surface area contributed by atoms with E-state index in [0.717, 1.165) is 11.8 Å². The zero-order valence-corrected chi connectivity index (χ0v) is 15.2. The summed E-state index contributed by atoms with van der Waals surface area (Å²) in [6, 6.07) is 9.18. The number of hydrogen-bond acceptors (Lipinski definition) is 5. The van der Waals surface area contributed by atoms with Gasteiger partial charge in [0, 0.05) is 25.3 Å². The van der Waals surface area contributed by atoms with Gasteiger partial charge in [0.25, 0.3) is 10.0 Å². The highest BCUT2D eigenvalue weighted by molar-refractivity contribution is 7.90. The summed E-state index contributed by atoms with van der Waals surface area (Å²) in [5.41, 5.74) is 0.889. The number of carbonyl (C=O) groups is 1. The fourth-order valence-electron chi connectivity index (χ4n) is 2.83. The minimum absolute atomic E-state index is 0.00449. The van der Waals surface area contributed by atoms with E-state index in [-0.39, 0.29) is 31.0 Å². The quantitative estimate of drug-likeness (QED) is 0.800. The van der Waals surface area contributed by atoms with E-state index in [1.165, 1.54) is 15.6 Å². The zero-order valence-electron chi connectivity index (χ0n) is 14.3. The largest absolute Gasteiger partial charge is 0.381 e. The van der Waals surface area contributed by atoms with Gasteiger partial charge in [-0.15, -0.1) is 0 Å². The molecule has 2 heterocycles. The van der Waals surface area contributed by atoms with E-state index in [9.17, 15) is 22.0 Å². The Bertz CT molecular complexity index is 894. The lowest BCUT2D eigenvalue weighted by molar-refractivity contribution is -0.157. The third kappa shape index (κ3) is 4.51. The molecule has 0 atom stereocenters. The summed E-state index contributed by atoms with van der Waals surface area (Å²) in [6.45, 7) is 0.543. The molecule has 2 aromatic rings. The van der Waals surface area contributed by atoms with Crippen LogP contribution in [-0.4, -0.2) is 43.2 Å². The van der Waals surface area contributed by atoms with Crippen LogP contribution in [0.4, 0.5) is 8.78 Å². The average molecular weight is 399 g/mol. The summed E-state index contributed by atoms with van der Waals surface area (Å²) in [7, 11) is -4.45. The van der Waals surface area contributed by atoms with Crippen molar-refractivity contribution in [3.05, 3.63) is 48.3 Å². The van der Waals surface area contributed by atoms with Crippen molar-refractivity contribution >= 4 is 15.9 Å². The van der Waals surface area contributed by atoms with Crippen LogP contribution < -0.4 is 4.72 Å². The highest BCUT2D eigenvalue weighted by Crippen LogP contribution is 2.33. The molecule has 146 valence electrons. The smallest absolute Gasteiger partial charge is 0.328 e. The number of carbonyl (C=O) groups excluding carboxylic acids is 1. The van der Waals surface area contributed by atoms with E-state index in [2.05, 4.69) is 5.10 Å². The molecule has 1 aliphatic rings. The molecule has 1 N–H and O–H groups in total. The first-order chi connectivity index (χ1) is 12.8. The first-order valence-corrected chi connectivity index (χ1v) is 9.86. The van der Waals surface area contributed by atoms with Crippen molar-refractivity contribution in [3.8, 4) is 0 Å². The second-order valence-electron chi connectivity index (χ2n) is 6.30. The standard InChI is InChI=1S/C17H19F2N3O4S/c18-17(19,14-6-8-26-9-7-14)16(23)21-27(24,25)15-10-20-22(12-15)11-13-4-2-1-3-5-13/h1-5,10,12,14H,6-9,11H2,(H,21,23). The van der Waals surface area contributed by atoms with Crippen LogP contribution in [0.25, 0.3) is 0 Å². The lowest BCUT2D eigenvalue weighted by Gasteiger charge is -2.28. The summed E-state index contributed by atoms with van der Waals surface area (Å²) in [6.07, 6.45) is 2.20. The van der Waals surface area contributed by atoms with E-state index < -0.39 is 27.8 Å². The number of sulfonamides is 1. The van der Waals surface area contributed by atoms with Crippen LogP contribution in [0, 0.1) is 5.92 Å². The van der Waals surface area contributed by atoms with Gasteiger partial charge in [-0.1, -0.05) is 30.3 Å². The number of amides is 1. The Labute approximate surface area is 155 Å². The summed E-state index contributed by atoms with van der Waals surface area (Å²) < 4.78 is 61.0. The molecule has 0 bridgehead atoms. The molecule has 0 spiro atoms. The highest BCUT2D eigenvalue weighted by atomic mass is 32.2. The monoisotopic (exact) mass is 399 g/mol. The summed E-state index contributed by atoms with van der Waals surface area (Å²) >= 11 is 0. The van der Waals surface area contributed by atoms with Crippen LogP contribution in [0.2, 0.25) is 0 Å². The van der Waals surface area contributed by atoms with Gasteiger partial charge < -0.3 is 4.74 Å². The Morgan fingerprint density at radius 2 is 1.93 bits per heavy atom. The van der Waals surface area contributed by atoms with E-state index in [0.29, 0.717) is 6.54 Å². The van der Waals surface area contributed by atoms with Crippen molar-refractivity contribution in [1.82, 2.24) is 14.5 Å². The van der Waals surface area contributed by atoms with Gasteiger partial charge in [-0.2, -0.15) is 13.9 Å². The van der Waals surface area contributed by atoms with Crippen LogP contribution in [0.15, 0.2) is 47.6 Å². The third-order valence-electron chi connectivity index (χ3n) is 4.37. The van der Waals surface area contributed by atoms with Crippen molar-refractivity contribution in [3.63, 3.8) is 0 Å². The van der Waals surface area contributed by atoms with E-state index >= 15 is 0 Å². The molecule has 1 aromatic carbocycles. The molecule has 7 nitrogen and oxygen atoms in total. The molecule has 0 aliphatic carbocycles. The number of hydrogen-bond donors (Lipinski definition) is 1. The first kappa shape index (κ1) is 19.4. The Balaban J connectivity index is 1.70. The van der Waals surface area contributed by atoms with E-state index in [1.807, 2.05) is 30.3 Å². The molecule has 10 heteroatoms. The van der Waals surface area contributed by atoms with E-state index in [4.69, 9.17) is 4.74 Å². The van der Waals surface area contributed by atoms with Crippen molar-refractivity contribution < 1.29 is 26.7 Å². The minimum atomic E-state index is -4.45. The number of nitrogens with one attached hydrogen (secondary N) is 1. The molecule has 1 aromatic heterocycles. The second kappa shape index (κ2) is 7.73. The molecule has 3 rings (SSSR count). The van der Waals surface area contributed by atoms with Gasteiger partial charge in [-0.05, 0) is 18.4 Å². The van der Waals surface area contributed by atoms with Crippen molar-refractivity contribution in [2.24, 2.45) is 5.92 Å². The lowest BCUT2D eigenvalue weighted by Crippen LogP contribution is -2.48. The maximum Gasteiger partial charge on any atom is 0.328 e. The Kier molecular flexibility index (Phi) is 5.56. The molecular formula is C17H19F2N3O4S. The maximum absolute atomic E-state index is 14.3. The van der Waals surface area contributed by atoms with Gasteiger partial charge in [0.1, 0.15) is 4.90 Å². The Morgan fingerprint density at radius 1 is 1.26 bits per heavy atom. The van der Waals surface area contributed by atoms with Gasteiger partial charge in [-0.3, -0.25) is 9.48 Å². The fourth-order valence-corrected chi connectivity index (χ4v) is 3.78. The molecular weight excluding hydrogens is 380 g/mol. The summed E-state index contributed by atoms with van der Waals surface area (Å²) in [5, 5.41) is 3.92. The number of benzene rings is 1. The molecule has 0 unspecified atom stereocenters. The Morgan fingerprint density at radius 3 is 2.59 bits per heavy atom. The van der Waals surface area contributed by atoms with Crippen molar-refractivity contribution in [1.29, 1.82) is 0 Å². The lowest BCUT2D eigenvalue weighted by atomic mass is 9.92. The third-order valence-corrected chi connectivity index (χ3v) is 5.66. The molecule has 0 radical (unpaired) electrons. The molecule has 1 aliphatic heterocycles. The molecule has 1 fully saturated rings. The molecule has 1 amide bonds. The van der Waals surface area contributed by atoms with Crippen LogP contribution >= 0.6 is 0 Å². The van der Waals surface area contributed by atoms with Crippen LogP contribution in [0.5, 0.6) is 0 Å². The maximum atomic E-state index is 14.3. The number of aromatic nitrogens is 2. The van der Waals surface area contributed by atoms with Crippen LogP contribution in [-0.2, 0) is 26.1 Å². The molecule has 27 heavy (non-hydrogen) atoms. The number of ether oxygens (including phenoxy) is 1. The van der Waals surface area contributed by atoms with Gasteiger partial charge in [0.05, 0.1) is 12.7 Å². The topological polar surface area (TPSA) is 90.3 Å². The van der Waals surface area contributed by atoms with Gasteiger partial charge >= 0.3 is 11.8 Å². The van der Waals surface area contributed by atoms with Crippen LogP contribution in [0.1, 0.15) is 18.4 Å². The first-order valence-electron chi connectivity index (χ1n) is 8.38. The van der Waals surface area contributed by atoms with Crippen molar-refractivity contribution in [2.45, 2.75) is 30.2 Å². The summed E-state index contributed by atoms with van der Waals surface area (Å²) in [5.74, 6) is -6.87. The fraction of sp³-hybridized carbons (Fsp3) is 0.412. The Hall–Kier alpha value is -2.33. The van der Waals surface area contributed by atoms with Gasteiger partial charge in [0.2, 0.25) is 0 Å². The minimum Gasteiger partial charge on any atom is -0.381 e. The number of nitrogens with zero attached hydrogens (tertiary/aromatic N) is 2. The zero-order chi connectivity index (χ0) is 19.5. The second-order valence-corrected chi connectivity index (χ2v) is 7.99. The van der Waals surface area contributed by atoms with E-state index in [1.54, 1.807) is 0 Å². The molecule has 0 saturated carbocycles. The number of rotatable bonds is 6. The normalized spacial score (nSPS) is 16.2. The van der Waals surface area contributed by atoms with Gasteiger partial charge in [-0.25, -0.2) is 13.1 Å². The highest BCUT2D eigenvalue weighted by Gasteiger charge is 2.48. The predicted molar refractivity (Wildman–Crippen MR) is 91.6 cm³/mol. The van der Waals surface area contributed by atoms with Crippen molar-refractivity contribution in [2.75, 3.05) is 13.2 Å². The number of halogens is 2. The van der Waals surface area contributed by atoms with Gasteiger partial charge in [0.15, 0.2) is 0 Å². The summed E-state index contributed by atoms with van der Waals surface area (Å²) in [4.78, 5) is 11.6. The predicted octanol–water partition coefficient (Wildman–Crippen LogP) is 1.80. The number of alkyl halides is 2. The average Bonchev–Trinajstić information content (AvgIpc) is 3.12. The molecule has 1 saturated heterocycles. The SMILES string of the molecule is O=C(NS(=O)(=O)c1cnn(Cc2ccccc2)c1)C(F)(F)C1CCOCC1.